The van der Waals surface area contributed by atoms with E-state index >= 15 is 0 Å². The monoisotopic (exact) mass is 374 g/mol. The van der Waals surface area contributed by atoms with Gasteiger partial charge in [0.1, 0.15) is 5.75 Å². The van der Waals surface area contributed by atoms with Gasteiger partial charge in [0.25, 0.3) is 5.91 Å². The smallest absolute Gasteiger partial charge is 0.265 e. The van der Waals surface area contributed by atoms with Crippen molar-refractivity contribution in [1.29, 1.82) is 0 Å². The molecule has 0 saturated carbocycles. The van der Waals surface area contributed by atoms with E-state index in [1.54, 1.807) is 17.0 Å². The van der Waals surface area contributed by atoms with Crippen molar-refractivity contribution in [2.75, 3.05) is 37.7 Å². The van der Waals surface area contributed by atoms with E-state index in [1.165, 1.54) is 6.07 Å². The minimum Gasteiger partial charge on any atom is -0.477 e. The van der Waals surface area contributed by atoms with Gasteiger partial charge in [-0.15, -0.1) is 0 Å². The van der Waals surface area contributed by atoms with Gasteiger partial charge in [0.2, 0.25) is 0 Å². The highest BCUT2D eigenvalue weighted by molar-refractivity contribution is 5.83. The number of halogens is 2. The van der Waals surface area contributed by atoms with Crippen LogP contribution in [0, 0.1) is 11.6 Å². The van der Waals surface area contributed by atoms with E-state index in [1.807, 2.05) is 23.1 Å². The molecule has 2 aliphatic heterocycles. The van der Waals surface area contributed by atoms with Crippen molar-refractivity contribution in [2.24, 2.45) is 0 Å². The van der Waals surface area contributed by atoms with Crippen molar-refractivity contribution in [3.05, 3.63) is 59.7 Å². The third-order valence-electron chi connectivity index (χ3n) is 4.85. The number of hydrogen-bond acceptors (Lipinski definition) is 4. The SMILES string of the molecule is O=C(C1CN(Cc2cccc(F)c2F)c2ccccc2O1)N1CCOCC1. The van der Waals surface area contributed by atoms with Crippen molar-refractivity contribution < 1.29 is 23.0 Å². The number of nitrogens with zero attached hydrogens (tertiary/aromatic N) is 2. The lowest BCUT2D eigenvalue weighted by Crippen LogP contribution is -2.52. The van der Waals surface area contributed by atoms with Crippen LogP contribution >= 0.6 is 0 Å². The topological polar surface area (TPSA) is 42.0 Å². The lowest BCUT2D eigenvalue weighted by atomic mass is 10.1. The molecule has 0 bridgehead atoms. The third-order valence-corrected chi connectivity index (χ3v) is 4.85. The second-order valence-electron chi connectivity index (χ2n) is 6.61. The molecule has 1 fully saturated rings. The summed E-state index contributed by atoms with van der Waals surface area (Å²) in [6.07, 6.45) is -0.699. The molecule has 0 spiro atoms. The maximum atomic E-state index is 14.2. The molecule has 2 aromatic carbocycles. The quantitative estimate of drug-likeness (QED) is 0.828. The average molecular weight is 374 g/mol. The van der Waals surface area contributed by atoms with Gasteiger partial charge in [0.05, 0.1) is 25.4 Å². The highest BCUT2D eigenvalue weighted by Crippen LogP contribution is 2.35. The van der Waals surface area contributed by atoms with Crippen LogP contribution in [-0.2, 0) is 16.1 Å². The van der Waals surface area contributed by atoms with Crippen molar-refractivity contribution in [3.8, 4) is 5.75 Å². The summed E-state index contributed by atoms with van der Waals surface area (Å²) in [5, 5.41) is 0. The molecule has 4 rings (SSSR count). The number of rotatable bonds is 3. The molecule has 2 aliphatic rings. The Hall–Kier alpha value is -2.67. The van der Waals surface area contributed by atoms with Crippen LogP contribution in [0.5, 0.6) is 5.75 Å². The molecule has 1 saturated heterocycles. The number of ether oxygens (including phenoxy) is 2. The summed E-state index contributed by atoms with van der Waals surface area (Å²) < 4.78 is 39.0. The Balaban J connectivity index is 1.60. The Morgan fingerprint density at radius 3 is 2.67 bits per heavy atom. The normalized spacial score (nSPS) is 19.4. The zero-order valence-corrected chi connectivity index (χ0v) is 14.7. The van der Waals surface area contributed by atoms with Gasteiger partial charge in [-0.2, -0.15) is 0 Å². The molecule has 7 heteroatoms. The van der Waals surface area contributed by atoms with Gasteiger partial charge in [-0.3, -0.25) is 4.79 Å². The second kappa shape index (κ2) is 7.52. The Morgan fingerprint density at radius 1 is 1.07 bits per heavy atom. The van der Waals surface area contributed by atoms with E-state index in [0.717, 1.165) is 11.8 Å². The van der Waals surface area contributed by atoms with E-state index in [4.69, 9.17) is 9.47 Å². The Kier molecular flexibility index (Phi) is 4.94. The molecule has 0 aliphatic carbocycles. The molecule has 0 radical (unpaired) electrons. The van der Waals surface area contributed by atoms with Crippen LogP contribution in [0.4, 0.5) is 14.5 Å². The van der Waals surface area contributed by atoms with Gasteiger partial charge in [-0.25, -0.2) is 8.78 Å². The van der Waals surface area contributed by atoms with Crippen LogP contribution < -0.4 is 9.64 Å². The zero-order chi connectivity index (χ0) is 18.8. The Morgan fingerprint density at radius 2 is 1.85 bits per heavy atom. The van der Waals surface area contributed by atoms with Crippen molar-refractivity contribution in [2.45, 2.75) is 12.6 Å². The van der Waals surface area contributed by atoms with Gasteiger partial charge in [0.15, 0.2) is 17.7 Å². The predicted octanol–water partition coefficient (Wildman–Crippen LogP) is 2.59. The largest absolute Gasteiger partial charge is 0.477 e. The van der Waals surface area contributed by atoms with Crippen molar-refractivity contribution in [1.82, 2.24) is 4.90 Å². The van der Waals surface area contributed by atoms with Gasteiger partial charge < -0.3 is 19.3 Å². The van der Waals surface area contributed by atoms with E-state index in [9.17, 15) is 13.6 Å². The number of hydrogen-bond donors (Lipinski definition) is 0. The van der Waals surface area contributed by atoms with E-state index in [0.29, 0.717) is 32.1 Å². The fourth-order valence-electron chi connectivity index (χ4n) is 3.45. The summed E-state index contributed by atoms with van der Waals surface area (Å²) in [6.45, 7) is 2.48. The average Bonchev–Trinajstić information content (AvgIpc) is 2.71. The first-order valence-corrected chi connectivity index (χ1v) is 8.93. The van der Waals surface area contributed by atoms with E-state index in [-0.39, 0.29) is 24.6 Å². The number of carbonyl (C=O) groups is 1. The van der Waals surface area contributed by atoms with E-state index < -0.39 is 17.7 Å². The summed E-state index contributed by atoms with van der Waals surface area (Å²) >= 11 is 0. The first-order chi connectivity index (χ1) is 13.1. The number of amides is 1. The molecule has 1 amide bonds. The van der Waals surface area contributed by atoms with E-state index in [2.05, 4.69) is 0 Å². The number of fused-ring (bicyclic) bond motifs is 1. The highest BCUT2D eigenvalue weighted by atomic mass is 19.2. The first-order valence-electron chi connectivity index (χ1n) is 8.93. The molecular weight excluding hydrogens is 354 g/mol. The van der Waals surface area contributed by atoms with Crippen LogP contribution in [0.3, 0.4) is 0 Å². The van der Waals surface area contributed by atoms with Crippen LogP contribution in [-0.4, -0.2) is 49.8 Å². The summed E-state index contributed by atoms with van der Waals surface area (Å²) in [7, 11) is 0. The molecule has 5 nitrogen and oxygen atoms in total. The third kappa shape index (κ3) is 3.60. The molecule has 1 unspecified atom stereocenters. The van der Waals surface area contributed by atoms with Crippen molar-refractivity contribution >= 4 is 11.6 Å². The number of anilines is 1. The molecule has 1 atom stereocenters. The summed E-state index contributed by atoms with van der Waals surface area (Å²) in [5.41, 5.74) is 0.997. The summed E-state index contributed by atoms with van der Waals surface area (Å²) in [6, 6.07) is 11.4. The van der Waals surface area contributed by atoms with Crippen molar-refractivity contribution in [3.63, 3.8) is 0 Å². The lowest BCUT2D eigenvalue weighted by Gasteiger charge is -2.38. The van der Waals surface area contributed by atoms with Gasteiger partial charge >= 0.3 is 0 Å². The van der Waals surface area contributed by atoms with Crippen LogP contribution in [0.15, 0.2) is 42.5 Å². The minimum atomic E-state index is -0.880. The second-order valence-corrected chi connectivity index (χ2v) is 6.61. The van der Waals surface area contributed by atoms with Crippen LogP contribution in [0.2, 0.25) is 0 Å². The number of benzene rings is 2. The van der Waals surface area contributed by atoms with Gasteiger partial charge in [-0.05, 0) is 18.2 Å². The lowest BCUT2D eigenvalue weighted by molar-refractivity contribution is -0.142. The van der Waals surface area contributed by atoms with Crippen LogP contribution in [0.1, 0.15) is 5.56 Å². The first kappa shape index (κ1) is 17.7. The Labute approximate surface area is 156 Å². The highest BCUT2D eigenvalue weighted by Gasteiger charge is 2.34. The number of carbonyl (C=O) groups excluding carboxylic acids is 1. The Bertz CT molecular complexity index is 840. The standard InChI is InChI=1S/C20H20F2N2O3/c21-15-5-3-4-14(19(15)22)12-24-13-18(20(25)23-8-10-26-11-9-23)27-17-7-2-1-6-16(17)24/h1-7,18H,8-13H2. The number of morpholine rings is 1. The molecule has 2 aromatic rings. The summed E-state index contributed by atoms with van der Waals surface area (Å²) in [4.78, 5) is 16.5. The minimum absolute atomic E-state index is 0.113. The van der Waals surface area contributed by atoms with Crippen LogP contribution in [0.25, 0.3) is 0 Å². The molecule has 0 aromatic heterocycles. The maximum absolute atomic E-state index is 14.2. The number of para-hydroxylation sites is 2. The van der Waals surface area contributed by atoms with Gasteiger partial charge in [-0.1, -0.05) is 24.3 Å². The summed E-state index contributed by atoms with van der Waals surface area (Å²) in [5.74, 6) is -1.29. The maximum Gasteiger partial charge on any atom is 0.265 e. The predicted molar refractivity (Wildman–Crippen MR) is 95.7 cm³/mol. The molecule has 27 heavy (non-hydrogen) atoms. The fraction of sp³-hybridized carbons (Fsp3) is 0.350. The zero-order valence-electron chi connectivity index (χ0n) is 14.7. The molecule has 2 heterocycles. The van der Waals surface area contributed by atoms with Gasteiger partial charge in [0, 0.05) is 25.2 Å². The molecule has 142 valence electrons. The fourth-order valence-corrected chi connectivity index (χ4v) is 3.45. The molecular formula is C20H20F2N2O3. The molecule has 0 N–H and O–H groups in total.